The molecule has 2 bridgehead atoms. The number of halogens is 3. The van der Waals surface area contributed by atoms with E-state index in [1.165, 1.54) is 9.80 Å². The molecule has 0 spiro atoms. The monoisotopic (exact) mass is 1030 g/mol. The Morgan fingerprint density at radius 3 is 2.06 bits per heavy atom. The van der Waals surface area contributed by atoms with Gasteiger partial charge in [0.05, 0.1) is 51.7 Å². The highest BCUT2D eigenvalue weighted by atomic mass is 35.5. The van der Waals surface area contributed by atoms with Crippen LogP contribution in [0.4, 0.5) is 18.4 Å². The van der Waals surface area contributed by atoms with Crippen molar-refractivity contribution in [3.05, 3.63) is 119 Å². The van der Waals surface area contributed by atoms with Crippen LogP contribution in [0.3, 0.4) is 0 Å². The predicted octanol–water partition coefficient (Wildman–Crippen LogP) is 6.78. The molecule has 2 unspecified atom stereocenters. The first-order chi connectivity index (χ1) is 34.8. The molecular weight excluding hydrogens is 976 g/mol. The third-order valence-corrected chi connectivity index (χ3v) is 12.4. The quantitative estimate of drug-likeness (QED) is 0.0302. The van der Waals surface area contributed by atoms with Gasteiger partial charge in [0.25, 0.3) is 16.1 Å². The number of rotatable bonds is 29. The van der Waals surface area contributed by atoms with E-state index in [2.05, 4.69) is 9.68 Å². The van der Waals surface area contributed by atoms with E-state index >= 15 is 4.79 Å². The van der Waals surface area contributed by atoms with Crippen molar-refractivity contribution in [2.75, 3.05) is 92.9 Å². The van der Waals surface area contributed by atoms with E-state index in [-0.39, 0.29) is 109 Å². The fourth-order valence-corrected chi connectivity index (χ4v) is 8.60. The Kier molecular flexibility index (Phi) is 20.8. The van der Waals surface area contributed by atoms with E-state index < -0.39 is 51.1 Å². The minimum absolute atomic E-state index is 0.0155. The van der Waals surface area contributed by atoms with Gasteiger partial charge in [0.1, 0.15) is 43.0 Å². The van der Waals surface area contributed by atoms with Gasteiger partial charge in [-0.05, 0) is 85.1 Å². The fourth-order valence-electron chi connectivity index (χ4n) is 8.39. The molecular formula is C48H58ClF2N5O16. The Labute approximate surface area is 418 Å². The first-order valence-electron chi connectivity index (χ1n) is 23.4. The highest BCUT2D eigenvalue weighted by molar-refractivity contribution is 6.32. The Morgan fingerprint density at radius 1 is 0.764 bits per heavy atom. The van der Waals surface area contributed by atoms with E-state index in [0.29, 0.717) is 49.4 Å². The van der Waals surface area contributed by atoms with Crippen LogP contribution in [0.25, 0.3) is 5.57 Å². The molecule has 2 heterocycles. The minimum atomic E-state index is -1.05. The van der Waals surface area contributed by atoms with Gasteiger partial charge in [0.2, 0.25) is 0 Å². The number of benzene rings is 3. The van der Waals surface area contributed by atoms with Crippen LogP contribution in [-0.2, 0) is 51.1 Å². The summed E-state index contributed by atoms with van der Waals surface area (Å²) in [6, 6.07) is 13.2. The average Bonchev–Trinajstić information content (AvgIpc) is 4.20. The summed E-state index contributed by atoms with van der Waals surface area (Å²) >= 11 is 5.94. The molecule has 0 radical (unpaired) electrons. The van der Waals surface area contributed by atoms with Gasteiger partial charge in [0, 0.05) is 51.4 Å². The summed E-state index contributed by atoms with van der Waals surface area (Å²) in [6.07, 6.45) is 1.68. The molecule has 6 rings (SSSR count). The molecule has 1 saturated carbocycles. The van der Waals surface area contributed by atoms with Gasteiger partial charge in [-0.15, -0.1) is 20.2 Å². The second-order valence-corrected chi connectivity index (χ2v) is 17.2. The zero-order valence-corrected chi connectivity index (χ0v) is 40.7. The van der Waals surface area contributed by atoms with Crippen LogP contribution in [0.2, 0.25) is 5.02 Å². The van der Waals surface area contributed by atoms with E-state index in [9.17, 15) is 38.6 Å². The second-order valence-electron chi connectivity index (χ2n) is 16.9. The van der Waals surface area contributed by atoms with Crippen molar-refractivity contribution in [3.63, 3.8) is 0 Å². The molecule has 0 N–H and O–H groups in total. The van der Waals surface area contributed by atoms with Gasteiger partial charge in [-0.1, -0.05) is 48.0 Å². The summed E-state index contributed by atoms with van der Waals surface area (Å²) in [6.45, 7) is 1.44. The first-order valence-corrected chi connectivity index (χ1v) is 23.8. The van der Waals surface area contributed by atoms with Gasteiger partial charge in [0.15, 0.2) is 11.6 Å². The number of carbonyl (C=O) groups is 3. The Morgan fingerprint density at radius 2 is 1.40 bits per heavy atom. The van der Waals surface area contributed by atoms with Crippen LogP contribution in [0, 0.1) is 38.8 Å². The standard InChI is InChI=1S/C48H58ClF2N5O16/c1-32-35(7-3-8-42(32)67-19-5-17-64-2)29-53(36-13-14-36)46(57)43-38(34-11-9-33(10-12-34)6-4-18-68-45-40(51)16-15-39(50)44(45)49)28-37-30-52(47(58)69-24-20-65-22-26-71-55(60)61)31-41(43)54(37)48(59)70-25-21-66-23-27-72-56(62)63/h3,7-12,15-16,36-37,41H,4-6,13-14,17-31H2,1-2H3. The highest BCUT2D eigenvalue weighted by Crippen LogP contribution is 2.42. The van der Waals surface area contributed by atoms with Crippen molar-refractivity contribution in [1.29, 1.82) is 0 Å². The van der Waals surface area contributed by atoms with Crippen molar-refractivity contribution in [1.82, 2.24) is 14.7 Å². The number of nitrogens with zero attached hydrogens (tertiary/aromatic N) is 5. The number of amides is 3. The lowest BCUT2D eigenvalue weighted by molar-refractivity contribution is -0.758. The topological polar surface area (TPSA) is 230 Å². The maximum Gasteiger partial charge on any atom is 0.410 e. The second kappa shape index (κ2) is 27.3. The third-order valence-electron chi connectivity index (χ3n) is 12.0. The van der Waals surface area contributed by atoms with E-state index in [4.69, 9.17) is 44.8 Å². The minimum Gasteiger partial charge on any atom is -0.493 e. The van der Waals surface area contributed by atoms with Crippen LogP contribution < -0.4 is 9.47 Å². The van der Waals surface area contributed by atoms with Crippen molar-refractivity contribution >= 4 is 35.3 Å². The van der Waals surface area contributed by atoms with Crippen LogP contribution >= 0.6 is 11.6 Å². The van der Waals surface area contributed by atoms with Gasteiger partial charge in [-0.3, -0.25) is 9.69 Å². The largest absolute Gasteiger partial charge is 0.493 e. The zero-order chi connectivity index (χ0) is 51.6. The SMILES string of the molecule is COCCCOc1cccc(CN(C(=O)C2=C(c3ccc(CCCOc4c(F)ccc(F)c4Cl)cc3)CC3CN(C(=O)OCCOCCO[N+](=O)[O-])CC2N3C(=O)OCCOCCO[N+](=O)[O-])C2CC2)c1C. The predicted molar refractivity (Wildman–Crippen MR) is 251 cm³/mol. The molecule has 2 atom stereocenters. The molecule has 1 aliphatic carbocycles. The summed E-state index contributed by atoms with van der Waals surface area (Å²) in [5.41, 5.74) is 4.23. The van der Waals surface area contributed by atoms with E-state index in [1.54, 1.807) is 12.0 Å². The maximum atomic E-state index is 15.6. The molecule has 2 fully saturated rings. The van der Waals surface area contributed by atoms with Crippen LogP contribution in [0.5, 0.6) is 11.5 Å². The van der Waals surface area contributed by atoms with Gasteiger partial charge in [-0.2, -0.15) is 0 Å². The normalized spacial score (nSPS) is 16.2. The number of fused-ring (bicyclic) bond motifs is 2. The first kappa shape index (κ1) is 54.8. The number of ether oxygens (including phenoxy) is 7. The number of hydrogen-bond donors (Lipinski definition) is 0. The summed E-state index contributed by atoms with van der Waals surface area (Å²) < 4.78 is 67.0. The lowest BCUT2D eigenvalue weighted by Gasteiger charge is -2.50. The molecule has 3 aromatic rings. The van der Waals surface area contributed by atoms with E-state index in [0.717, 1.165) is 41.7 Å². The maximum absolute atomic E-state index is 15.6. The van der Waals surface area contributed by atoms with Gasteiger partial charge < -0.3 is 52.6 Å². The van der Waals surface area contributed by atoms with Gasteiger partial charge in [-0.25, -0.2) is 18.4 Å². The molecule has 72 heavy (non-hydrogen) atoms. The third kappa shape index (κ3) is 15.5. The number of piperazine rings is 1. The number of hydrogen-bond acceptors (Lipinski definition) is 16. The molecule has 392 valence electrons. The molecule has 3 amide bonds. The van der Waals surface area contributed by atoms with E-state index in [1.807, 2.05) is 49.4 Å². The molecule has 3 aromatic carbocycles. The van der Waals surface area contributed by atoms with Crippen LogP contribution in [0.15, 0.2) is 60.2 Å². The summed E-state index contributed by atoms with van der Waals surface area (Å²) in [5.74, 6) is -1.62. The Hall–Kier alpha value is -6.56. The molecule has 21 nitrogen and oxygen atoms in total. The molecule has 24 heteroatoms. The number of carbonyl (C=O) groups excluding carboxylic acids is 3. The number of methoxy groups -OCH3 is 1. The molecule has 3 aliphatic rings. The Balaban J connectivity index is 1.29. The molecule has 0 aromatic heterocycles. The highest BCUT2D eigenvalue weighted by Gasteiger charge is 2.50. The zero-order valence-electron chi connectivity index (χ0n) is 40.0. The van der Waals surface area contributed by atoms with Crippen LogP contribution in [-0.4, -0.2) is 154 Å². The summed E-state index contributed by atoms with van der Waals surface area (Å²) in [4.78, 5) is 77.8. The fraction of sp³-hybridized carbons (Fsp3) is 0.521. The summed E-state index contributed by atoms with van der Waals surface area (Å²) in [5, 5.41) is 18.7. The lowest BCUT2D eigenvalue weighted by atomic mass is 9.81. The van der Waals surface area contributed by atoms with Crippen molar-refractivity contribution in [3.8, 4) is 11.5 Å². The molecule has 1 saturated heterocycles. The van der Waals surface area contributed by atoms with Crippen molar-refractivity contribution < 1.29 is 76.2 Å². The van der Waals surface area contributed by atoms with Crippen molar-refractivity contribution in [2.24, 2.45) is 0 Å². The van der Waals surface area contributed by atoms with Crippen molar-refractivity contribution in [2.45, 2.75) is 70.1 Å². The Bertz CT molecular complexity index is 2380. The smallest absolute Gasteiger partial charge is 0.410 e. The van der Waals surface area contributed by atoms with Crippen LogP contribution in [0.1, 0.15) is 54.4 Å². The summed E-state index contributed by atoms with van der Waals surface area (Å²) in [7, 11) is 1.62. The average molecular weight is 1030 g/mol. The number of aryl methyl sites for hydroxylation is 1. The lowest BCUT2D eigenvalue weighted by Crippen LogP contribution is -2.65. The van der Waals surface area contributed by atoms with Gasteiger partial charge >= 0.3 is 12.2 Å². The molecule has 2 aliphatic heterocycles.